The highest BCUT2D eigenvalue weighted by Gasteiger charge is 2.18. The number of aryl methyl sites for hydroxylation is 2. The lowest BCUT2D eigenvalue weighted by Gasteiger charge is -2.16. The molecule has 0 saturated carbocycles. The van der Waals surface area contributed by atoms with Gasteiger partial charge >= 0.3 is 0 Å². The van der Waals surface area contributed by atoms with E-state index < -0.39 is 0 Å². The van der Waals surface area contributed by atoms with E-state index in [0.717, 1.165) is 41.7 Å². The van der Waals surface area contributed by atoms with Gasteiger partial charge in [-0.2, -0.15) is 5.10 Å². The average molecular weight is 423 g/mol. The minimum Gasteiger partial charge on any atom is -0.356 e. The number of nitrogens with zero attached hydrogens (tertiary/aromatic N) is 5. The van der Waals surface area contributed by atoms with E-state index in [1.807, 2.05) is 24.6 Å². The van der Waals surface area contributed by atoms with Crippen molar-refractivity contribution in [3.8, 4) is 5.82 Å². The molecule has 1 aliphatic rings. The maximum atomic E-state index is 13.3. The second kappa shape index (κ2) is 8.83. The molecule has 0 aliphatic carbocycles. The SMILES string of the molecule is Cc1cc(F)ccc1NC(=O)CCc1c(C)nn(-c2cc(N3CCCC3)ncn2)c1C. The smallest absolute Gasteiger partial charge is 0.224 e. The van der Waals surface area contributed by atoms with Gasteiger partial charge in [-0.1, -0.05) is 0 Å². The zero-order valence-corrected chi connectivity index (χ0v) is 18.2. The summed E-state index contributed by atoms with van der Waals surface area (Å²) in [5.74, 6) is 1.23. The van der Waals surface area contributed by atoms with E-state index in [1.54, 1.807) is 19.3 Å². The van der Waals surface area contributed by atoms with Crippen molar-refractivity contribution in [3.05, 3.63) is 58.9 Å². The number of carbonyl (C=O) groups excluding carboxylic acids is 1. The molecule has 0 radical (unpaired) electrons. The van der Waals surface area contributed by atoms with Gasteiger partial charge in [0.2, 0.25) is 5.91 Å². The van der Waals surface area contributed by atoms with E-state index in [9.17, 15) is 9.18 Å². The highest BCUT2D eigenvalue weighted by atomic mass is 19.1. The van der Waals surface area contributed by atoms with Crippen LogP contribution in [0.4, 0.5) is 15.9 Å². The van der Waals surface area contributed by atoms with Gasteiger partial charge in [-0.05, 0) is 69.4 Å². The Morgan fingerprint density at radius 2 is 1.84 bits per heavy atom. The van der Waals surface area contributed by atoms with Crippen LogP contribution in [0.3, 0.4) is 0 Å². The Bertz CT molecular complexity index is 1100. The molecule has 1 N–H and O–H groups in total. The van der Waals surface area contributed by atoms with Crippen LogP contribution in [0.15, 0.2) is 30.6 Å². The van der Waals surface area contributed by atoms with E-state index in [2.05, 4.69) is 25.3 Å². The molecule has 2 aromatic heterocycles. The van der Waals surface area contributed by atoms with Crippen LogP contribution in [-0.4, -0.2) is 38.7 Å². The number of anilines is 2. The molecular formula is C23H27FN6O. The molecule has 0 atom stereocenters. The van der Waals surface area contributed by atoms with Gasteiger partial charge in [-0.15, -0.1) is 0 Å². The molecule has 3 aromatic rings. The quantitative estimate of drug-likeness (QED) is 0.652. The first-order valence-electron chi connectivity index (χ1n) is 10.6. The molecule has 1 amide bonds. The van der Waals surface area contributed by atoms with Crippen LogP contribution < -0.4 is 10.2 Å². The Morgan fingerprint density at radius 3 is 2.58 bits per heavy atom. The predicted octanol–water partition coefficient (Wildman–Crippen LogP) is 3.90. The van der Waals surface area contributed by atoms with Crippen molar-refractivity contribution in [1.29, 1.82) is 0 Å². The number of halogens is 1. The number of aromatic nitrogens is 4. The molecule has 0 bridgehead atoms. The largest absolute Gasteiger partial charge is 0.356 e. The van der Waals surface area contributed by atoms with E-state index >= 15 is 0 Å². The van der Waals surface area contributed by atoms with Gasteiger partial charge in [0.05, 0.1) is 5.69 Å². The predicted molar refractivity (Wildman–Crippen MR) is 118 cm³/mol. The van der Waals surface area contributed by atoms with E-state index in [0.29, 0.717) is 24.1 Å². The standard InChI is InChI=1S/C23H27FN6O/c1-15-12-18(24)6-8-20(15)27-23(31)9-7-19-16(2)28-30(17(19)3)22-13-21(25-14-26-22)29-10-4-5-11-29/h6,8,12-14H,4-5,7,9-11H2,1-3H3,(H,27,31). The summed E-state index contributed by atoms with van der Waals surface area (Å²) >= 11 is 0. The van der Waals surface area contributed by atoms with Gasteiger partial charge in [0.1, 0.15) is 18.0 Å². The Kier molecular flexibility index (Phi) is 5.97. The summed E-state index contributed by atoms with van der Waals surface area (Å²) in [6.45, 7) is 7.75. The Morgan fingerprint density at radius 1 is 1.10 bits per heavy atom. The maximum absolute atomic E-state index is 13.3. The van der Waals surface area contributed by atoms with Gasteiger partial charge < -0.3 is 10.2 Å². The fourth-order valence-electron chi connectivity index (χ4n) is 4.05. The molecular weight excluding hydrogens is 395 g/mol. The van der Waals surface area contributed by atoms with E-state index in [-0.39, 0.29) is 11.7 Å². The molecule has 1 fully saturated rings. The monoisotopic (exact) mass is 422 g/mol. The van der Waals surface area contributed by atoms with Gasteiger partial charge in [-0.3, -0.25) is 4.79 Å². The first-order chi connectivity index (χ1) is 14.9. The molecule has 8 heteroatoms. The third-order valence-corrected chi connectivity index (χ3v) is 5.79. The third kappa shape index (κ3) is 4.57. The lowest BCUT2D eigenvalue weighted by Crippen LogP contribution is -2.19. The van der Waals surface area contributed by atoms with Crippen molar-refractivity contribution < 1.29 is 9.18 Å². The number of rotatable bonds is 6. The number of hydrogen-bond donors (Lipinski definition) is 1. The molecule has 1 aliphatic heterocycles. The lowest BCUT2D eigenvalue weighted by atomic mass is 10.1. The van der Waals surface area contributed by atoms with Gasteiger partial charge in [0, 0.05) is 37.0 Å². The van der Waals surface area contributed by atoms with Crippen molar-refractivity contribution in [2.75, 3.05) is 23.3 Å². The average Bonchev–Trinajstić information content (AvgIpc) is 3.38. The normalized spacial score (nSPS) is 13.6. The number of nitrogens with one attached hydrogen (secondary N) is 1. The number of carbonyl (C=O) groups is 1. The lowest BCUT2D eigenvalue weighted by molar-refractivity contribution is -0.116. The Balaban J connectivity index is 1.47. The van der Waals surface area contributed by atoms with Crippen molar-refractivity contribution in [2.45, 2.75) is 46.5 Å². The second-order valence-corrected chi connectivity index (χ2v) is 8.00. The fourth-order valence-corrected chi connectivity index (χ4v) is 4.05. The molecule has 1 aromatic carbocycles. The second-order valence-electron chi connectivity index (χ2n) is 8.00. The minimum absolute atomic E-state index is 0.111. The molecule has 1 saturated heterocycles. The van der Waals surface area contributed by atoms with Crippen molar-refractivity contribution in [1.82, 2.24) is 19.7 Å². The van der Waals surface area contributed by atoms with Crippen LogP contribution in [0.1, 0.15) is 41.8 Å². The number of benzene rings is 1. The molecule has 4 rings (SSSR count). The van der Waals surface area contributed by atoms with Crippen molar-refractivity contribution in [2.24, 2.45) is 0 Å². The van der Waals surface area contributed by atoms with Crippen molar-refractivity contribution in [3.63, 3.8) is 0 Å². The highest BCUT2D eigenvalue weighted by Crippen LogP contribution is 2.23. The van der Waals surface area contributed by atoms with Crippen LogP contribution in [0, 0.1) is 26.6 Å². The highest BCUT2D eigenvalue weighted by molar-refractivity contribution is 5.91. The molecule has 3 heterocycles. The van der Waals surface area contributed by atoms with Gasteiger partial charge in [0.25, 0.3) is 0 Å². The first kappa shape index (κ1) is 21.0. The zero-order valence-electron chi connectivity index (χ0n) is 18.2. The molecule has 162 valence electrons. The molecule has 7 nitrogen and oxygen atoms in total. The molecule has 0 spiro atoms. The van der Waals surface area contributed by atoms with Crippen LogP contribution in [0.5, 0.6) is 0 Å². The summed E-state index contributed by atoms with van der Waals surface area (Å²) in [5, 5.41) is 7.53. The summed E-state index contributed by atoms with van der Waals surface area (Å²) in [6.07, 6.45) is 4.82. The Labute approximate surface area is 181 Å². The Hall–Kier alpha value is -3.29. The molecule has 31 heavy (non-hydrogen) atoms. The first-order valence-corrected chi connectivity index (χ1v) is 10.6. The third-order valence-electron chi connectivity index (χ3n) is 5.79. The van der Waals surface area contributed by atoms with Crippen LogP contribution in [0.25, 0.3) is 5.82 Å². The maximum Gasteiger partial charge on any atom is 0.224 e. The zero-order chi connectivity index (χ0) is 22.0. The molecule has 0 unspecified atom stereocenters. The topological polar surface area (TPSA) is 75.9 Å². The summed E-state index contributed by atoms with van der Waals surface area (Å²) in [4.78, 5) is 23.6. The minimum atomic E-state index is -0.313. The van der Waals surface area contributed by atoms with Gasteiger partial charge in [-0.25, -0.2) is 19.0 Å². The summed E-state index contributed by atoms with van der Waals surface area (Å²) in [5.41, 5.74) is 4.21. The number of hydrogen-bond acceptors (Lipinski definition) is 5. The van der Waals surface area contributed by atoms with Crippen LogP contribution >= 0.6 is 0 Å². The van der Waals surface area contributed by atoms with Crippen LogP contribution in [-0.2, 0) is 11.2 Å². The van der Waals surface area contributed by atoms with Crippen molar-refractivity contribution >= 4 is 17.4 Å². The fraction of sp³-hybridized carbons (Fsp3) is 0.391. The summed E-state index contributed by atoms with van der Waals surface area (Å²) in [7, 11) is 0. The summed E-state index contributed by atoms with van der Waals surface area (Å²) in [6, 6.07) is 6.31. The van der Waals surface area contributed by atoms with E-state index in [4.69, 9.17) is 0 Å². The van der Waals surface area contributed by atoms with E-state index in [1.165, 1.54) is 25.0 Å². The number of amides is 1. The summed E-state index contributed by atoms with van der Waals surface area (Å²) < 4.78 is 15.1. The van der Waals surface area contributed by atoms with Crippen LogP contribution in [0.2, 0.25) is 0 Å². The van der Waals surface area contributed by atoms with Gasteiger partial charge in [0.15, 0.2) is 5.82 Å².